The molecule has 0 aliphatic carbocycles. The van der Waals surface area contributed by atoms with Crippen LogP contribution in [-0.4, -0.2) is 30.0 Å². The van der Waals surface area contributed by atoms with Gasteiger partial charge in [0.1, 0.15) is 17.3 Å². The number of aliphatic hydroxyl groups excluding tert-OH is 1. The largest absolute Gasteiger partial charge is 0.507 e. The van der Waals surface area contributed by atoms with Gasteiger partial charge in [0.25, 0.3) is 11.7 Å². The monoisotopic (exact) mass is 471 g/mol. The smallest absolute Gasteiger partial charge is 0.300 e. The van der Waals surface area contributed by atoms with Crippen LogP contribution in [0.15, 0.2) is 72.3 Å². The van der Waals surface area contributed by atoms with Gasteiger partial charge in [-0.2, -0.15) is 0 Å². The highest BCUT2D eigenvalue weighted by Gasteiger charge is 2.48. The van der Waals surface area contributed by atoms with Crippen LogP contribution in [-0.2, 0) is 9.59 Å². The third kappa shape index (κ3) is 4.64. The van der Waals surface area contributed by atoms with E-state index >= 15 is 0 Å². The summed E-state index contributed by atoms with van der Waals surface area (Å²) in [7, 11) is 1.54. The van der Waals surface area contributed by atoms with Crippen LogP contribution in [0.5, 0.6) is 11.5 Å². The molecule has 4 rings (SSSR count). The summed E-state index contributed by atoms with van der Waals surface area (Å²) in [6.45, 7) is 7.73. The van der Waals surface area contributed by atoms with Crippen molar-refractivity contribution in [3.8, 4) is 11.5 Å². The highest BCUT2D eigenvalue weighted by Crippen LogP contribution is 2.45. The Morgan fingerprint density at radius 2 is 1.57 bits per heavy atom. The van der Waals surface area contributed by atoms with E-state index in [1.54, 1.807) is 36.4 Å². The summed E-state index contributed by atoms with van der Waals surface area (Å²) in [5.74, 6) is -0.539. The van der Waals surface area contributed by atoms with Gasteiger partial charge < -0.3 is 14.6 Å². The molecule has 1 fully saturated rings. The second-order valence-corrected chi connectivity index (χ2v) is 8.95. The number of nitrogens with zero attached hydrogens (tertiary/aromatic N) is 1. The lowest BCUT2D eigenvalue weighted by Gasteiger charge is -2.27. The number of ketones is 1. The first-order valence-corrected chi connectivity index (χ1v) is 11.5. The van der Waals surface area contributed by atoms with Crippen LogP contribution in [0.25, 0.3) is 5.76 Å². The van der Waals surface area contributed by atoms with Crippen LogP contribution in [0.4, 0.5) is 5.69 Å². The summed E-state index contributed by atoms with van der Waals surface area (Å²) in [5.41, 5.74) is 3.54. The molecule has 1 unspecified atom stereocenters. The predicted octanol–water partition coefficient (Wildman–Crippen LogP) is 5.73. The van der Waals surface area contributed by atoms with Gasteiger partial charge in [-0.3, -0.25) is 14.5 Å². The molecule has 35 heavy (non-hydrogen) atoms. The van der Waals surface area contributed by atoms with Crippen LogP contribution in [0, 0.1) is 13.8 Å². The number of Topliss-reactive ketones (excluding diaryl/α,β-unsaturated/α-hetero) is 1. The number of rotatable bonds is 6. The van der Waals surface area contributed by atoms with E-state index in [9.17, 15) is 14.7 Å². The average Bonchev–Trinajstić information content (AvgIpc) is 3.08. The molecule has 0 spiro atoms. The fourth-order valence-electron chi connectivity index (χ4n) is 4.49. The van der Waals surface area contributed by atoms with Gasteiger partial charge in [-0.1, -0.05) is 24.3 Å². The summed E-state index contributed by atoms with van der Waals surface area (Å²) in [4.78, 5) is 28.2. The Morgan fingerprint density at radius 3 is 2.17 bits per heavy atom. The Kier molecular flexibility index (Phi) is 6.65. The minimum atomic E-state index is -0.862. The van der Waals surface area contributed by atoms with Crippen LogP contribution in [0.2, 0.25) is 0 Å². The van der Waals surface area contributed by atoms with E-state index in [1.807, 2.05) is 58.0 Å². The minimum absolute atomic E-state index is 0.00287. The van der Waals surface area contributed by atoms with E-state index in [0.29, 0.717) is 28.3 Å². The zero-order valence-electron chi connectivity index (χ0n) is 20.5. The highest BCUT2D eigenvalue weighted by molar-refractivity contribution is 6.51. The van der Waals surface area contributed by atoms with Crippen molar-refractivity contribution < 1.29 is 24.2 Å². The van der Waals surface area contributed by atoms with Crippen LogP contribution in [0.1, 0.15) is 42.1 Å². The van der Waals surface area contributed by atoms with Gasteiger partial charge in [-0.25, -0.2) is 0 Å². The molecular formula is C29H29NO5. The van der Waals surface area contributed by atoms with Crippen molar-refractivity contribution in [1.82, 2.24) is 0 Å². The summed E-state index contributed by atoms with van der Waals surface area (Å²) < 4.78 is 11.3. The SMILES string of the molecule is COc1ccccc1C1/C(=C(\O)c2ccc(OC(C)C)cc2)C(=O)C(=O)N1c1cc(C)cc(C)c1. The third-order valence-corrected chi connectivity index (χ3v) is 5.86. The molecule has 1 saturated heterocycles. The maximum Gasteiger partial charge on any atom is 0.300 e. The van der Waals surface area contributed by atoms with Gasteiger partial charge in [-0.05, 0) is 81.3 Å². The fraction of sp³-hybridized carbons (Fsp3) is 0.241. The molecule has 1 N–H and O–H groups in total. The fourth-order valence-corrected chi connectivity index (χ4v) is 4.49. The maximum atomic E-state index is 13.4. The molecule has 1 heterocycles. The Morgan fingerprint density at radius 1 is 0.943 bits per heavy atom. The topological polar surface area (TPSA) is 76.1 Å². The second kappa shape index (κ2) is 9.66. The molecule has 0 saturated carbocycles. The Balaban J connectivity index is 1.92. The average molecular weight is 472 g/mol. The molecule has 180 valence electrons. The molecule has 3 aromatic rings. The molecule has 0 radical (unpaired) electrons. The molecule has 6 nitrogen and oxygen atoms in total. The Bertz CT molecular complexity index is 1290. The maximum absolute atomic E-state index is 13.4. The first-order valence-electron chi connectivity index (χ1n) is 11.5. The number of para-hydroxylation sites is 1. The van der Waals surface area contributed by atoms with Gasteiger partial charge in [0.05, 0.1) is 24.8 Å². The number of carbonyl (C=O) groups is 2. The van der Waals surface area contributed by atoms with Crippen molar-refractivity contribution in [2.75, 3.05) is 12.0 Å². The lowest BCUT2D eigenvalue weighted by atomic mass is 9.94. The first-order chi connectivity index (χ1) is 16.7. The van der Waals surface area contributed by atoms with Crippen molar-refractivity contribution in [2.24, 2.45) is 0 Å². The standard InChI is InChI=1S/C29H29NO5/c1-17(2)35-22-12-10-20(11-13-22)27(31)25-26(23-8-6-7-9-24(23)34-5)30(29(33)28(25)32)21-15-18(3)14-19(4)16-21/h6-17,26,31H,1-5H3/b27-25+. The number of amides is 1. The quantitative estimate of drug-likeness (QED) is 0.282. The molecule has 1 atom stereocenters. The summed E-state index contributed by atoms with van der Waals surface area (Å²) in [6.07, 6.45) is 0.00287. The number of aryl methyl sites for hydroxylation is 2. The molecule has 1 aliphatic heterocycles. The summed E-state index contributed by atoms with van der Waals surface area (Å²) in [5, 5.41) is 11.3. The first kappa shape index (κ1) is 24.1. The molecule has 1 amide bonds. The van der Waals surface area contributed by atoms with Crippen LogP contribution >= 0.6 is 0 Å². The molecule has 0 bridgehead atoms. The number of hydrogen-bond acceptors (Lipinski definition) is 5. The molecule has 0 aromatic heterocycles. The van der Waals surface area contributed by atoms with Gasteiger partial charge in [0, 0.05) is 16.8 Å². The second-order valence-electron chi connectivity index (χ2n) is 8.95. The van der Waals surface area contributed by atoms with Crippen LogP contribution in [0.3, 0.4) is 0 Å². The summed E-state index contributed by atoms with van der Waals surface area (Å²) >= 11 is 0. The normalized spacial score (nSPS) is 17.2. The van der Waals surface area contributed by atoms with Gasteiger partial charge in [0.15, 0.2) is 0 Å². The third-order valence-electron chi connectivity index (χ3n) is 5.86. The number of carbonyl (C=O) groups excluding carboxylic acids is 2. The predicted molar refractivity (Wildman–Crippen MR) is 136 cm³/mol. The Labute approximate surface area is 205 Å². The number of aliphatic hydroxyl groups is 1. The van der Waals surface area contributed by atoms with E-state index in [4.69, 9.17) is 9.47 Å². The van der Waals surface area contributed by atoms with E-state index in [0.717, 1.165) is 11.1 Å². The van der Waals surface area contributed by atoms with Gasteiger partial charge >= 0.3 is 0 Å². The van der Waals surface area contributed by atoms with E-state index in [2.05, 4.69) is 0 Å². The lowest BCUT2D eigenvalue weighted by molar-refractivity contribution is -0.132. The summed E-state index contributed by atoms with van der Waals surface area (Å²) in [6, 6.07) is 18.9. The molecule has 1 aliphatic rings. The zero-order chi connectivity index (χ0) is 25.3. The molecule has 6 heteroatoms. The van der Waals surface area contributed by atoms with E-state index in [1.165, 1.54) is 12.0 Å². The number of benzene rings is 3. The lowest BCUT2D eigenvalue weighted by Crippen LogP contribution is -2.29. The van der Waals surface area contributed by atoms with Crippen molar-refractivity contribution in [1.29, 1.82) is 0 Å². The van der Waals surface area contributed by atoms with Crippen molar-refractivity contribution in [2.45, 2.75) is 39.8 Å². The van der Waals surface area contributed by atoms with Crippen molar-refractivity contribution in [3.63, 3.8) is 0 Å². The van der Waals surface area contributed by atoms with Crippen molar-refractivity contribution >= 4 is 23.1 Å². The number of ether oxygens (including phenoxy) is 2. The Hall–Kier alpha value is -4.06. The van der Waals surface area contributed by atoms with E-state index < -0.39 is 17.7 Å². The minimum Gasteiger partial charge on any atom is -0.507 e. The molecular weight excluding hydrogens is 442 g/mol. The van der Waals surface area contributed by atoms with Gasteiger partial charge in [-0.15, -0.1) is 0 Å². The number of methoxy groups -OCH3 is 1. The van der Waals surface area contributed by atoms with Gasteiger partial charge in [0.2, 0.25) is 0 Å². The zero-order valence-corrected chi connectivity index (χ0v) is 20.5. The molecule has 3 aromatic carbocycles. The number of hydrogen-bond donors (Lipinski definition) is 1. The number of anilines is 1. The van der Waals surface area contributed by atoms with Crippen LogP contribution < -0.4 is 14.4 Å². The van der Waals surface area contributed by atoms with E-state index in [-0.39, 0.29) is 17.4 Å². The van der Waals surface area contributed by atoms with Crippen molar-refractivity contribution in [3.05, 3.63) is 94.6 Å². The highest BCUT2D eigenvalue weighted by atomic mass is 16.5.